The molecule has 0 amide bonds. The number of halogens is 1. The van der Waals surface area contributed by atoms with Gasteiger partial charge in [-0.05, 0) is 36.3 Å². The fraction of sp³-hybridized carbons (Fsp3) is 0.167. The highest BCUT2D eigenvalue weighted by Gasteiger charge is 2.13. The maximum absolute atomic E-state index is 10.9. The Labute approximate surface area is 150 Å². The molecule has 25 heavy (non-hydrogen) atoms. The van der Waals surface area contributed by atoms with Crippen LogP contribution in [-0.4, -0.2) is 18.6 Å². The molecule has 0 saturated heterocycles. The molecule has 0 fully saturated rings. The first-order valence-electron chi connectivity index (χ1n) is 7.37. The van der Waals surface area contributed by atoms with E-state index < -0.39 is 4.92 Å². The third-order valence-electron chi connectivity index (χ3n) is 3.34. The van der Waals surface area contributed by atoms with E-state index in [1.54, 1.807) is 24.3 Å². The molecule has 128 valence electrons. The highest BCUT2D eigenvalue weighted by molar-refractivity contribution is 6.32. The Bertz CT molecular complexity index is 872. The van der Waals surface area contributed by atoms with Crippen molar-refractivity contribution in [2.45, 2.75) is 6.92 Å². The third kappa shape index (κ3) is 4.28. The van der Waals surface area contributed by atoms with E-state index >= 15 is 0 Å². The average molecular weight is 359 g/mol. The van der Waals surface area contributed by atoms with Crippen LogP contribution in [0.1, 0.15) is 18.1 Å². The minimum Gasteiger partial charge on any atom is -0.491 e. The fourth-order valence-electron chi connectivity index (χ4n) is 2.27. The van der Waals surface area contributed by atoms with Crippen LogP contribution < -0.4 is 9.47 Å². The second kappa shape index (κ2) is 8.18. The lowest BCUT2D eigenvalue weighted by atomic mass is 10.0. The van der Waals surface area contributed by atoms with Crippen LogP contribution in [0.3, 0.4) is 0 Å². The van der Waals surface area contributed by atoms with Gasteiger partial charge in [0.1, 0.15) is 0 Å². The molecule has 0 bridgehead atoms. The molecule has 2 rings (SSSR count). The van der Waals surface area contributed by atoms with Crippen molar-refractivity contribution in [3.63, 3.8) is 0 Å². The Morgan fingerprint density at radius 1 is 1.40 bits per heavy atom. The number of nitro benzene ring substituents is 1. The van der Waals surface area contributed by atoms with Crippen LogP contribution in [-0.2, 0) is 0 Å². The summed E-state index contributed by atoms with van der Waals surface area (Å²) in [7, 11) is 1.49. The SMILES string of the molecule is CCOc1cc(/C=C(/C#N)c2cccc([N+](=O)[O-])c2)cc(Cl)c1OC. The van der Waals surface area contributed by atoms with Gasteiger partial charge in [0.15, 0.2) is 11.5 Å². The Morgan fingerprint density at radius 3 is 2.76 bits per heavy atom. The van der Waals surface area contributed by atoms with Gasteiger partial charge in [-0.3, -0.25) is 10.1 Å². The molecule has 7 heteroatoms. The quantitative estimate of drug-likeness (QED) is 0.323. The Kier molecular flexibility index (Phi) is 5.98. The van der Waals surface area contributed by atoms with Crippen LogP contribution in [0.4, 0.5) is 5.69 Å². The highest BCUT2D eigenvalue weighted by atomic mass is 35.5. The summed E-state index contributed by atoms with van der Waals surface area (Å²) in [4.78, 5) is 10.4. The van der Waals surface area contributed by atoms with E-state index in [1.807, 2.05) is 6.92 Å². The first-order valence-corrected chi connectivity index (χ1v) is 7.75. The van der Waals surface area contributed by atoms with Crippen molar-refractivity contribution < 1.29 is 14.4 Å². The predicted octanol–water partition coefficient (Wildman–Crippen LogP) is 4.72. The molecule has 2 aromatic carbocycles. The monoisotopic (exact) mass is 358 g/mol. The summed E-state index contributed by atoms with van der Waals surface area (Å²) in [6, 6.07) is 11.3. The molecule has 0 aliphatic heterocycles. The molecule has 0 heterocycles. The number of hydrogen-bond acceptors (Lipinski definition) is 5. The van der Waals surface area contributed by atoms with E-state index in [0.29, 0.717) is 34.3 Å². The lowest BCUT2D eigenvalue weighted by Gasteiger charge is -2.12. The van der Waals surface area contributed by atoms with Gasteiger partial charge >= 0.3 is 0 Å². The Hall–Kier alpha value is -3.04. The summed E-state index contributed by atoms with van der Waals surface area (Å²) < 4.78 is 10.7. The lowest BCUT2D eigenvalue weighted by molar-refractivity contribution is -0.384. The van der Waals surface area contributed by atoms with Gasteiger partial charge in [-0.1, -0.05) is 23.7 Å². The minimum atomic E-state index is -0.504. The zero-order chi connectivity index (χ0) is 18.4. The average Bonchev–Trinajstić information content (AvgIpc) is 2.60. The number of hydrogen-bond donors (Lipinski definition) is 0. The fourth-order valence-corrected chi connectivity index (χ4v) is 2.56. The number of non-ortho nitro benzene ring substituents is 1. The van der Waals surface area contributed by atoms with Crippen LogP contribution in [0.2, 0.25) is 5.02 Å². The molecule has 0 spiro atoms. The van der Waals surface area contributed by atoms with E-state index in [2.05, 4.69) is 6.07 Å². The Morgan fingerprint density at radius 2 is 2.16 bits per heavy atom. The Balaban J connectivity index is 2.51. The van der Waals surface area contributed by atoms with E-state index in [1.165, 1.54) is 25.3 Å². The van der Waals surface area contributed by atoms with Gasteiger partial charge < -0.3 is 9.47 Å². The normalized spacial score (nSPS) is 10.9. The summed E-state index contributed by atoms with van der Waals surface area (Å²) in [6.45, 7) is 2.26. The van der Waals surface area contributed by atoms with E-state index in [9.17, 15) is 15.4 Å². The molecule has 0 aromatic heterocycles. The van der Waals surface area contributed by atoms with Gasteiger partial charge in [0.2, 0.25) is 0 Å². The van der Waals surface area contributed by atoms with Gasteiger partial charge in [-0.15, -0.1) is 0 Å². The van der Waals surface area contributed by atoms with Crippen molar-refractivity contribution in [1.82, 2.24) is 0 Å². The van der Waals surface area contributed by atoms with Crippen LogP contribution in [0.15, 0.2) is 36.4 Å². The first kappa shape index (κ1) is 18.3. The summed E-state index contributed by atoms with van der Waals surface area (Å²) in [5.74, 6) is 0.870. The third-order valence-corrected chi connectivity index (χ3v) is 3.62. The molecule has 0 aliphatic rings. The second-order valence-corrected chi connectivity index (χ2v) is 5.35. The summed E-state index contributed by atoms with van der Waals surface area (Å²) >= 11 is 6.20. The number of benzene rings is 2. The second-order valence-electron chi connectivity index (χ2n) is 4.94. The standard InChI is InChI=1S/C18H15ClN2O4/c1-3-25-17-9-12(8-16(19)18(17)24-2)7-14(11-20)13-5-4-6-15(10-13)21(22)23/h4-10H,3H2,1-2H3/b14-7-. The zero-order valence-electron chi connectivity index (χ0n) is 13.7. The van der Waals surface area contributed by atoms with Crippen molar-refractivity contribution >= 4 is 28.9 Å². The molecule has 0 N–H and O–H groups in total. The summed E-state index contributed by atoms with van der Waals surface area (Å²) in [6.07, 6.45) is 1.59. The highest BCUT2D eigenvalue weighted by Crippen LogP contribution is 2.37. The van der Waals surface area contributed by atoms with Crippen LogP contribution in [0, 0.1) is 21.4 Å². The number of nitrogens with zero attached hydrogens (tertiary/aromatic N) is 2. The van der Waals surface area contributed by atoms with Crippen LogP contribution in [0.5, 0.6) is 11.5 Å². The molecular weight excluding hydrogens is 344 g/mol. The van der Waals surface area contributed by atoms with Crippen LogP contribution in [0.25, 0.3) is 11.6 Å². The largest absolute Gasteiger partial charge is 0.491 e. The van der Waals surface area contributed by atoms with E-state index in [-0.39, 0.29) is 11.3 Å². The maximum atomic E-state index is 10.9. The number of rotatable bonds is 6. The summed E-state index contributed by atoms with van der Waals surface area (Å²) in [5, 5.41) is 20.7. The van der Waals surface area contributed by atoms with Gasteiger partial charge in [0.05, 0.1) is 35.3 Å². The maximum Gasteiger partial charge on any atom is 0.270 e. The number of allylic oxidation sites excluding steroid dienone is 1. The smallest absolute Gasteiger partial charge is 0.270 e. The number of nitro groups is 1. The molecule has 0 unspecified atom stereocenters. The van der Waals surface area contributed by atoms with Crippen molar-refractivity contribution in [3.8, 4) is 17.6 Å². The van der Waals surface area contributed by atoms with Crippen molar-refractivity contribution in [3.05, 3.63) is 62.7 Å². The van der Waals surface area contributed by atoms with Gasteiger partial charge in [-0.2, -0.15) is 5.26 Å². The van der Waals surface area contributed by atoms with Crippen molar-refractivity contribution in [2.24, 2.45) is 0 Å². The molecule has 2 aromatic rings. The van der Waals surface area contributed by atoms with Gasteiger partial charge in [-0.25, -0.2) is 0 Å². The number of ether oxygens (including phenoxy) is 2. The molecule has 0 saturated carbocycles. The summed E-state index contributed by atoms with van der Waals surface area (Å²) in [5.41, 5.74) is 1.26. The van der Waals surface area contributed by atoms with Gasteiger partial charge in [0.25, 0.3) is 5.69 Å². The van der Waals surface area contributed by atoms with Crippen molar-refractivity contribution in [2.75, 3.05) is 13.7 Å². The topological polar surface area (TPSA) is 85.4 Å². The molecule has 0 radical (unpaired) electrons. The zero-order valence-corrected chi connectivity index (χ0v) is 14.4. The van der Waals surface area contributed by atoms with E-state index in [4.69, 9.17) is 21.1 Å². The lowest BCUT2D eigenvalue weighted by Crippen LogP contribution is -1.96. The molecule has 6 nitrogen and oxygen atoms in total. The minimum absolute atomic E-state index is 0.0820. The molecule has 0 aliphatic carbocycles. The van der Waals surface area contributed by atoms with Crippen LogP contribution >= 0.6 is 11.6 Å². The molecule has 0 atom stereocenters. The predicted molar refractivity (Wildman–Crippen MR) is 95.8 cm³/mol. The first-order chi connectivity index (χ1) is 12.0. The van der Waals surface area contributed by atoms with Gasteiger partial charge in [0, 0.05) is 12.1 Å². The number of methoxy groups -OCH3 is 1. The van der Waals surface area contributed by atoms with Crippen molar-refractivity contribution in [1.29, 1.82) is 5.26 Å². The number of nitriles is 1. The van der Waals surface area contributed by atoms with E-state index in [0.717, 1.165) is 0 Å². The molecular formula is C18H15ClN2O4.